The van der Waals surface area contributed by atoms with E-state index < -0.39 is 0 Å². The summed E-state index contributed by atoms with van der Waals surface area (Å²) in [7, 11) is 0. The average Bonchev–Trinajstić information content (AvgIpc) is 1.69. The van der Waals surface area contributed by atoms with Crippen molar-refractivity contribution in [1.29, 1.82) is 0 Å². The monoisotopic (exact) mass is 102 g/mol. The molecule has 40 valence electrons. The molecule has 0 atom stereocenters. The molecule has 3 heteroatoms. The van der Waals surface area contributed by atoms with Crippen molar-refractivity contribution in [2.24, 2.45) is 0 Å². The van der Waals surface area contributed by atoms with Gasteiger partial charge in [0.1, 0.15) is 13.2 Å². The fourth-order valence-corrected chi connectivity index (χ4v) is 0.547. The first kappa shape index (κ1) is 4.71. The number of nitroso groups, excluding NO2 is 1. The molecule has 0 radical (unpaired) electrons. The quantitative estimate of drug-likeness (QED) is 0.396. The van der Waals surface area contributed by atoms with Gasteiger partial charge < -0.3 is 4.74 Å². The molecule has 0 N–H and O–H groups in total. The summed E-state index contributed by atoms with van der Waals surface area (Å²) in [5, 5.41) is 0. The van der Waals surface area contributed by atoms with E-state index in [9.17, 15) is 4.91 Å². The van der Waals surface area contributed by atoms with E-state index in [4.69, 9.17) is 4.74 Å². The molecule has 0 amide bonds. The van der Waals surface area contributed by atoms with Gasteiger partial charge in [0.25, 0.3) is 0 Å². The second-order valence-corrected chi connectivity index (χ2v) is 1.54. The average molecular weight is 102 g/mol. The van der Waals surface area contributed by atoms with Crippen molar-refractivity contribution in [2.45, 2.75) is 0 Å². The van der Waals surface area contributed by atoms with Gasteiger partial charge in [0, 0.05) is 9.67 Å². The Morgan fingerprint density at radius 2 is 1.86 bits per heavy atom. The topological polar surface area (TPSA) is 29.3 Å². The minimum Gasteiger partial charge on any atom is -0.368 e. The minimum absolute atomic E-state index is 0.542. The molecule has 0 aromatic rings. The molecule has 0 aromatic heterocycles. The third kappa shape index (κ3) is 1.23. The predicted octanol–water partition coefficient (Wildman–Crippen LogP) is -0.205. The SMILES string of the molecule is O=[N+]1CCOCC1. The highest BCUT2D eigenvalue weighted by molar-refractivity contribution is 4.34. The van der Waals surface area contributed by atoms with Gasteiger partial charge >= 0.3 is 0 Å². The molecule has 0 spiro atoms. The van der Waals surface area contributed by atoms with E-state index in [1.165, 1.54) is 0 Å². The number of hydrogen-bond acceptors (Lipinski definition) is 2. The summed E-state index contributed by atoms with van der Waals surface area (Å²) in [4.78, 5) is 10.3. The lowest BCUT2D eigenvalue weighted by Crippen LogP contribution is -2.26. The van der Waals surface area contributed by atoms with Gasteiger partial charge in [0.2, 0.25) is 13.1 Å². The van der Waals surface area contributed by atoms with E-state index >= 15 is 0 Å². The van der Waals surface area contributed by atoms with Gasteiger partial charge in [-0.2, -0.15) is 0 Å². The summed E-state index contributed by atoms with van der Waals surface area (Å²) in [6, 6.07) is 0. The Morgan fingerprint density at radius 3 is 2.14 bits per heavy atom. The number of ether oxygens (including phenoxy) is 1. The van der Waals surface area contributed by atoms with Crippen molar-refractivity contribution >= 4 is 0 Å². The lowest BCUT2D eigenvalue weighted by molar-refractivity contribution is -0.568. The van der Waals surface area contributed by atoms with Crippen molar-refractivity contribution in [2.75, 3.05) is 26.3 Å². The second kappa shape index (κ2) is 2.02. The molecule has 0 unspecified atom stereocenters. The molecular formula is C4H8NO2+. The van der Waals surface area contributed by atoms with Crippen LogP contribution in [0.3, 0.4) is 0 Å². The summed E-state index contributed by atoms with van der Waals surface area (Å²) >= 11 is 0. The van der Waals surface area contributed by atoms with Gasteiger partial charge in [-0.05, 0) is 0 Å². The Balaban J connectivity index is 2.25. The van der Waals surface area contributed by atoms with Crippen LogP contribution in [0.5, 0.6) is 0 Å². The van der Waals surface area contributed by atoms with E-state index in [0.29, 0.717) is 26.3 Å². The van der Waals surface area contributed by atoms with Crippen molar-refractivity contribution in [3.63, 3.8) is 0 Å². The largest absolute Gasteiger partial charge is 0.368 e. The van der Waals surface area contributed by atoms with Crippen LogP contribution in [0.2, 0.25) is 0 Å². The van der Waals surface area contributed by atoms with Gasteiger partial charge in [0.05, 0.1) is 0 Å². The van der Waals surface area contributed by atoms with Gasteiger partial charge in [0.15, 0.2) is 0 Å². The molecule has 0 aliphatic carbocycles. The fourth-order valence-electron chi connectivity index (χ4n) is 0.547. The standard InChI is InChI=1S/C4H8NO2/c6-5-1-3-7-4-2-5/h1-4H2/q+1. The highest BCUT2D eigenvalue weighted by Crippen LogP contribution is 1.85. The van der Waals surface area contributed by atoms with Crippen LogP contribution < -0.4 is 0 Å². The Morgan fingerprint density at radius 1 is 1.29 bits per heavy atom. The molecule has 1 saturated heterocycles. The predicted molar refractivity (Wildman–Crippen MR) is 24.2 cm³/mol. The Bertz CT molecular complexity index is 73.8. The van der Waals surface area contributed by atoms with Crippen LogP contribution in [0.25, 0.3) is 0 Å². The van der Waals surface area contributed by atoms with Crippen molar-refractivity contribution < 1.29 is 9.50 Å². The highest BCUT2D eigenvalue weighted by Gasteiger charge is 2.12. The molecule has 1 rings (SSSR count). The van der Waals surface area contributed by atoms with Gasteiger partial charge in [-0.3, -0.25) is 0 Å². The molecule has 0 aromatic carbocycles. The molecule has 1 aliphatic heterocycles. The first-order valence-electron chi connectivity index (χ1n) is 2.39. The molecule has 7 heavy (non-hydrogen) atoms. The summed E-state index contributed by atoms with van der Waals surface area (Å²) < 4.78 is 5.92. The van der Waals surface area contributed by atoms with E-state index in [1.54, 1.807) is 0 Å². The summed E-state index contributed by atoms with van der Waals surface area (Å²) in [5.74, 6) is 0. The Hall–Kier alpha value is -0.440. The molecule has 1 aliphatic rings. The second-order valence-electron chi connectivity index (χ2n) is 1.54. The maximum absolute atomic E-state index is 10.3. The maximum Gasteiger partial charge on any atom is 0.215 e. The number of nitrogens with zero attached hydrogens (tertiary/aromatic N) is 1. The minimum atomic E-state index is 0.542. The van der Waals surface area contributed by atoms with Crippen molar-refractivity contribution in [3.8, 4) is 0 Å². The molecule has 0 saturated carbocycles. The van der Waals surface area contributed by atoms with Gasteiger partial charge in [-0.15, -0.1) is 0 Å². The first-order valence-corrected chi connectivity index (χ1v) is 2.39. The van der Waals surface area contributed by atoms with Crippen LogP contribution in [0.4, 0.5) is 0 Å². The first-order chi connectivity index (χ1) is 3.39. The molecule has 0 bridgehead atoms. The molecule has 3 nitrogen and oxygen atoms in total. The van der Waals surface area contributed by atoms with Crippen LogP contribution in [-0.4, -0.2) is 31.1 Å². The van der Waals surface area contributed by atoms with Crippen LogP contribution in [0.15, 0.2) is 0 Å². The Labute approximate surface area is 41.8 Å². The van der Waals surface area contributed by atoms with E-state index in [2.05, 4.69) is 0 Å². The summed E-state index contributed by atoms with van der Waals surface area (Å²) in [5.41, 5.74) is 0. The Kier molecular flexibility index (Phi) is 1.36. The summed E-state index contributed by atoms with van der Waals surface area (Å²) in [6.45, 7) is 2.28. The molecule has 1 heterocycles. The number of morpholine rings is 1. The molecular weight excluding hydrogens is 94.0 g/mol. The fraction of sp³-hybridized carbons (Fsp3) is 1.00. The van der Waals surface area contributed by atoms with Gasteiger partial charge in [-0.25, -0.2) is 0 Å². The zero-order valence-corrected chi connectivity index (χ0v) is 4.09. The van der Waals surface area contributed by atoms with Crippen LogP contribution in [0.1, 0.15) is 0 Å². The highest BCUT2D eigenvalue weighted by atomic mass is 16.5. The third-order valence-corrected chi connectivity index (χ3v) is 0.970. The maximum atomic E-state index is 10.3. The zero-order valence-electron chi connectivity index (χ0n) is 4.09. The number of rotatable bonds is 0. The third-order valence-electron chi connectivity index (χ3n) is 0.970. The molecule has 1 fully saturated rings. The van der Waals surface area contributed by atoms with E-state index in [0.717, 1.165) is 4.76 Å². The normalized spacial score (nSPS) is 22.6. The van der Waals surface area contributed by atoms with Crippen LogP contribution in [0, 0.1) is 4.91 Å². The van der Waals surface area contributed by atoms with Crippen LogP contribution >= 0.6 is 0 Å². The van der Waals surface area contributed by atoms with Crippen LogP contribution in [-0.2, 0) is 4.74 Å². The smallest absolute Gasteiger partial charge is 0.215 e. The van der Waals surface area contributed by atoms with E-state index in [-0.39, 0.29) is 0 Å². The van der Waals surface area contributed by atoms with Crippen molar-refractivity contribution in [3.05, 3.63) is 4.91 Å². The summed E-state index contributed by atoms with van der Waals surface area (Å²) in [6.07, 6.45) is 0. The van der Waals surface area contributed by atoms with Gasteiger partial charge in [-0.1, -0.05) is 0 Å². The number of hydrogen-bond donors (Lipinski definition) is 0. The lowest BCUT2D eigenvalue weighted by Gasteiger charge is -2.01. The van der Waals surface area contributed by atoms with Crippen molar-refractivity contribution in [1.82, 2.24) is 0 Å². The zero-order chi connectivity index (χ0) is 5.11. The van der Waals surface area contributed by atoms with E-state index in [1.807, 2.05) is 0 Å². The lowest BCUT2D eigenvalue weighted by atomic mass is 10.5.